The van der Waals surface area contributed by atoms with Crippen LogP contribution in [0.25, 0.3) is 0 Å². The van der Waals surface area contributed by atoms with E-state index in [1.165, 1.54) is 0 Å². The average Bonchev–Trinajstić information content (AvgIpc) is 2.47. The van der Waals surface area contributed by atoms with Crippen molar-refractivity contribution in [2.24, 2.45) is 5.41 Å². The third kappa shape index (κ3) is 1.38. The van der Waals surface area contributed by atoms with Crippen molar-refractivity contribution >= 4 is 5.97 Å². The second kappa shape index (κ2) is 2.72. The Labute approximate surface area is 88.3 Å². The van der Waals surface area contributed by atoms with E-state index < -0.39 is 29.1 Å². The average molecular weight is 216 g/mol. The number of carbonyl (C=O) groups excluding carboxylic acids is 1. The highest BCUT2D eigenvalue weighted by molar-refractivity contribution is 5.79. The highest BCUT2D eigenvalue weighted by Crippen LogP contribution is 2.46. The number of rotatable bonds is 0. The quantitative estimate of drug-likeness (QED) is 0.594. The summed E-state index contributed by atoms with van der Waals surface area (Å²) >= 11 is 0. The zero-order valence-electron chi connectivity index (χ0n) is 9.36. The molecular weight excluding hydrogens is 200 g/mol. The lowest BCUT2D eigenvalue weighted by molar-refractivity contribution is -0.257. The first-order chi connectivity index (χ1) is 6.70. The molecule has 2 unspecified atom stereocenters. The Kier molecular flexibility index (Phi) is 1.97. The third-order valence-electron chi connectivity index (χ3n) is 2.93. The molecule has 0 saturated carbocycles. The number of carbonyl (C=O) groups is 1. The summed E-state index contributed by atoms with van der Waals surface area (Å²) < 4.78 is 16.0. The second-order valence-corrected chi connectivity index (χ2v) is 5.12. The van der Waals surface area contributed by atoms with Crippen molar-refractivity contribution in [1.82, 2.24) is 0 Å². The van der Waals surface area contributed by atoms with Gasteiger partial charge in [0, 0.05) is 0 Å². The van der Waals surface area contributed by atoms with Gasteiger partial charge in [-0.05, 0) is 27.7 Å². The minimum absolute atomic E-state index is 0.0658. The molecule has 0 aromatic heterocycles. The maximum absolute atomic E-state index is 11.6. The lowest BCUT2D eigenvalue weighted by Gasteiger charge is -2.28. The van der Waals surface area contributed by atoms with Crippen molar-refractivity contribution < 1.29 is 24.1 Å². The van der Waals surface area contributed by atoms with Crippen LogP contribution < -0.4 is 0 Å². The van der Waals surface area contributed by atoms with E-state index in [2.05, 4.69) is 0 Å². The van der Waals surface area contributed by atoms with E-state index in [0.717, 1.165) is 0 Å². The van der Waals surface area contributed by atoms with E-state index in [9.17, 15) is 9.90 Å². The van der Waals surface area contributed by atoms with Crippen molar-refractivity contribution in [3.05, 3.63) is 0 Å². The van der Waals surface area contributed by atoms with E-state index >= 15 is 0 Å². The second-order valence-electron chi connectivity index (χ2n) is 5.12. The fourth-order valence-electron chi connectivity index (χ4n) is 1.94. The van der Waals surface area contributed by atoms with Gasteiger partial charge in [0.25, 0.3) is 5.79 Å². The third-order valence-corrected chi connectivity index (χ3v) is 2.93. The van der Waals surface area contributed by atoms with E-state index in [1.54, 1.807) is 27.7 Å². The van der Waals surface area contributed by atoms with E-state index in [0.29, 0.717) is 0 Å². The molecule has 0 radical (unpaired) electrons. The highest BCUT2D eigenvalue weighted by Gasteiger charge is 2.65. The van der Waals surface area contributed by atoms with Gasteiger partial charge in [0.05, 0.1) is 5.41 Å². The van der Waals surface area contributed by atoms with Crippen LogP contribution in [0, 0.1) is 5.41 Å². The topological polar surface area (TPSA) is 65.0 Å². The molecule has 5 heteroatoms. The van der Waals surface area contributed by atoms with Crippen LogP contribution in [0.5, 0.6) is 0 Å². The Balaban J connectivity index is 2.30. The maximum Gasteiger partial charge on any atom is 0.317 e. The Morgan fingerprint density at radius 1 is 1.33 bits per heavy atom. The predicted molar refractivity (Wildman–Crippen MR) is 49.7 cm³/mol. The fraction of sp³-hybridized carbons (Fsp3) is 0.900. The van der Waals surface area contributed by atoms with Gasteiger partial charge >= 0.3 is 5.97 Å². The highest BCUT2D eigenvalue weighted by atomic mass is 16.9. The lowest BCUT2D eigenvalue weighted by atomic mass is 9.85. The van der Waals surface area contributed by atoms with E-state index in [4.69, 9.17) is 14.2 Å². The van der Waals surface area contributed by atoms with Gasteiger partial charge < -0.3 is 19.3 Å². The van der Waals surface area contributed by atoms with E-state index in [1.807, 2.05) is 0 Å². The minimum atomic E-state index is -1.33. The lowest BCUT2D eigenvalue weighted by Crippen LogP contribution is -2.47. The fourth-order valence-corrected chi connectivity index (χ4v) is 1.94. The van der Waals surface area contributed by atoms with Crippen molar-refractivity contribution in [2.75, 3.05) is 6.61 Å². The summed E-state index contributed by atoms with van der Waals surface area (Å²) in [6, 6.07) is 0. The summed E-state index contributed by atoms with van der Waals surface area (Å²) in [6.45, 7) is 6.75. The Morgan fingerprint density at radius 2 is 1.93 bits per heavy atom. The molecule has 2 rings (SSSR count). The molecule has 1 N–H and O–H groups in total. The SMILES string of the molecule is CC1(C)OCC2(OC(=O)C(C)(C)C2O)O1. The predicted octanol–water partition coefficient (Wildman–Crippen LogP) is 0.409. The van der Waals surface area contributed by atoms with Gasteiger partial charge in [-0.1, -0.05) is 0 Å². The van der Waals surface area contributed by atoms with Gasteiger partial charge in [-0.15, -0.1) is 0 Å². The van der Waals surface area contributed by atoms with Crippen molar-refractivity contribution in [1.29, 1.82) is 0 Å². The molecule has 2 atom stereocenters. The zero-order valence-corrected chi connectivity index (χ0v) is 9.36. The molecule has 1 spiro atoms. The summed E-state index contributed by atoms with van der Waals surface area (Å²) in [7, 11) is 0. The monoisotopic (exact) mass is 216 g/mol. The molecule has 0 bridgehead atoms. The summed E-state index contributed by atoms with van der Waals surface area (Å²) in [5.41, 5.74) is -0.955. The largest absolute Gasteiger partial charge is 0.427 e. The van der Waals surface area contributed by atoms with Crippen LogP contribution >= 0.6 is 0 Å². The van der Waals surface area contributed by atoms with Crippen LogP contribution in [0.15, 0.2) is 0 Å². The summed E-state index contributed by atoms with van der Waals surface area (Å²) in [6.07, 6.45) is -1.01. The maximum atomic E-state index is 11.6. The molecule has 2 aliphatic heterocycles. The first-order valence-electron chi connectivity index (χ1n) is 4.95. The molecule has 0 aliphatic carbocycles. The zero-order chi connectivity index (χ0) is 11.5. The summed E-state index contributed by atoms with van der Waals surface area (Å²) in [5.74, 6) is -2.62. The van der Waals surface area contributed by atoms with Gasteiger partial charge in [-0.25, -0.2) is 0 Å². The Hall–Kier alpha value is -0.650. The molecule has 2 saturated heterocycles. The molecule has 15 heavy (non-hydrogen) atoms. The van der Waals surface area contributed by atoms with Crippen LogP contribution in [-0.2, 0) is 19.0 Å². The van der Waals surface area contributed by atoms with Crippen LogP contribution in [0.1, 0.15) is 27.7 Å². The summed E-state index contributed by atoms with van der Waals surface area (Å²) in [4.78, 5) is 11.6. The number of esters is 1. The summed E-state index contributed by atoms with van der Waals surface area (Å²) in [5, 5.41) is 10.1. The normalized spacial score (nSPS) is 42.2. The van der Waals surface area contributed by atoms with Gasteiger partial charge in [0.15, 0.2) is 5.79 Å². The standard InChI is InChI=1S/C10H16O5/c1-8(2)6(11)10(14-7(8)12)5-13-9(3,4)15-10/h6,11H,5H2,1-4H3. The molecule has 2 aliphatic rings. The van der Waals surface area contributed by atoms with Crippen molar-refractivity contribution in [3.63, 3.8) is 0 Å². The van der Waals surface area contributed by atoms with Crippen LogP contribution in [-0.4, -0.2) is 35.4 Å². The van der Waals surface area contributed by atoms with Crippen molar-refractivity contribution in [2.45, 2.75) is 45.4 Å². The van der Waals surface area contributed by atoms with Gasteiger partial charge in [-0.2, -0.15) is 0 Å². The van der Waals surface area contributed by atoms with Gasteiger partial charge in [-0.3, -0.25) is 4.79 Å². The van der Waals surface area contributed by atoms with E-state index in [-0.39, 0.29) is 6.61 Å². The van der Waals surface area contributed by atoms with Crippen molar-refractivity contribution in [3.8, 4) is 0 Å². The Bertz CT molecular complexity index is 309. The molecule has 0 aromatic carbocycles. The van der Waals surface area contributed by atoms with Gasteiger partial charge in [0.2, 0.25) is 0 Å². The molecule has 0 aromatic rings. The molecule has 2 fully saturated rings. The molecule has 86 valence electrons. The number of ether oxygens (including phenoxy) is 3. The number of hydrogen-bond donors (Lipinski definition) is 1. The molecule has 5 nitrogen and oxygen atoms in total. The smallest absolute Gasteiger partial charge is 0.317 e. The van der Waals surface area contributed by atoms with Gasteiger partial charge in [0.1, 0.15) is 12.7 Å². The molecule has 2 heterocycles. The number of aliphatic hydroxyl groups is 1. The molecular formula is C10H16O5. The van der Waals surface area contributed by atoms with Crippen LogP contribution in [0.3, 0.4) is 0 Å². The first-order valence-corrected chi connectivity index (χ1v) is 4.95. The first kappa shape index (κ1) is 10.9. The number of hydrogen-bond acceptors (Lipinski definition) is 5. The molecule has 0 amide bonds. The van der Waals surface area contributed by atoms with Crippen LogP contribution in [0.2, 0.25) is 0 Å². The van der Waals surface area contributed by atoms with Crippen LogP contribution in [0.4, 0.5) is 0 Å². The number of aliphatic hydroxyl groups excluding tert-OH is 1. The Morgan fingerprint density at radius 3 is 2.27 bits per heavy atom. The minimum Gasteiger partial charge on any atom is -0.427 e.